The smallest absolute Gasteiger partial charge is 0.405 e. The summed E-state index contributed by atoms with van der Waals surface area (Å²) in [5.41, 5.74) is 0. The Morgan fingerprint density at radius 1 is 1.23 bits per heavy atom. The number of hydrogen-bond donors (Lipinski definition) is 2. The van der Waals surface area contributed by atoms with E-state index in [1.165, 1.54) is 0 Å². The van der Waals surface area contributed by atoms with Crippen molar-refractivity contribution in [2.75, 3.05) is 26.4 Å². The molecule has 26 heavy (non-hydrogen) atoms. The summed E-state index contributed by atoms with van der Waals surface area (Å²) in [5.74, 6) is -0.00151. The average molecular weight is 375 g/mol. The van der Waals surface area contributed by atoms with Crippen molar-refractivity contribution in [1.82, 2.24) is 5.32 Å². The Labute approximate surface area is 155 Å². The van der Waals surface area contributed by atoms with Gasteiger partial charge in [-0.3, -0.25) is 0 Å². The van der Waals surface area contributed by atoms with Crippen molar-refractivity contribution in [3.63, 3.8) is 0 Å². The minimum atomic E-state index is -1.30. The molecule has 152 valence electrons. The van der Waals surface area contributed by atoms with Crippen LogP contribution in [0.2, 0.25) is 0 Å². The Kier molecular flexibility index (Phi) is 9.90. The number of nitrogens with one attached hydrogen (secondary N) is 1. The predicted octanol–water partition coefficient (Wildman–Crippen LogP) is 2.06. The van der Waals surface area contributed by atoms with Gasteiger partial charge in [-0.05, 0) is 25.2 Å². The summed E-state index contributed by atoms with van der Waals surface area (Å²) in [6.07, 6.45) is -2.03. The second-order valence-corrected chi connectivity index (χ2v) is 7.47. The lowest BCUT2D eigenvalue weighted by molar-refractivity contribution is -0.177. The molecular formula is C18H33NO7. The Balaban J connectivity index is 2.90. The molecule has 3 unspecified atom stereocenters. The van der Waals surface area contributed by atoms with E-state index in [1.54, 1.807) is 6.92 Å². The Bertz CT molecular complexity index is 441. The molecule has 1 rings (SSSR count). The highest BCUT2D eigenvalue weighted by atomic mass is 16.6. The number of rotatable bonds is 7. The molecule has 0 aromatic heterocycles. The largest absolute Gasteiger partial charge is 0.465 e. The van der Waals surface area contributed by atoms with Crippen LogP contribution in [0.15, 0.2) is 0 Å². The number of cyclic esters (lactones) is 1. The zero-order chi connectivity index (χ0) is 19.7. The van der Waals surface area contributed by atoms with E-state index in [9.17, 15) is 9.59 Å². The standard InChI is InChI=1S/C18H33NO7/c1-11(2)8-24-15-6-7-23-10-14(19-18(21)22)17(20)26-13(5)16(15)25-9-12(3)4/h11-16,19H,6-10H2,1-5H3,(H,21,22)/t13?,14?,15?,16-/m0/s1. The number of carbonyl (C=O) groups excluding carboxylic acids is 1. The topological polar surface area (TPSA) is 103 Å². The van der Waals surface area contributed by atoms with Gasteiger partial charge >= 0.3 is 12.1 Å². The van der Waals surface area contributed by atoms with Gasteiger partial charge in [-0.15, -0.1) is 0 Å². The monoisotopic (exact) mass is 375 g/mol. The molecule has 0 aromatic rings. The lowest BCUT2D eigenvalue weighted by Gasteiger charge is -2.34. The van der Waals surface area contributed by atoms with Crippen LogP contribution in [0.4, 0.5) is 4.79 Å². The van der Waals surface area contributed by atoms with Crippen LogP contribution in [0.3, 0.4) is 0 Å². The summed E-state index contributed by atoms with van der Waals surface area (Å²) in [5, 5.41) is 11.0. The number of carboxylic acid groups (broad SMARTS) is 1. The van der Waals surface area contributed by atoms with Crippen LogP contribution >= 0.6 is 0 Å². The summed E-state index contributed by atoms with van der Waals surface area (Å²) in [7, 11) is 0. The Hall–Kier alpha value is -1.38. The van der Waals surface area contributed by atoms with Crippen LogP contribution in [-0.4, -0.2) is 68.0 Å². The van der Waals surface area contributed by atoms with E-state index in [-0.39, 0.29) is 12.7 Å². The maximum atomic E-state index is 12.3. The zero-order valence-corrected chi connectivity index (χ0v) is 16.4. The Morgan fingerprint density at radius 3 is 2.42 bits per heavy atom. The zero-order valence-electron chi connectivity index (χ0n) is 16.4. The fraction of sp³-hybridized carbons (Fsp3) is 0.889. The molecule has 8 nitrogen and oxygen atoms in total. The average Bonchev–Trinajstić information content (AvgIpc) is 2.52. The quantitative estimate of drug-likeness (QED) is 0.656. The molecule has 0 radical (unpaired) electrons. The highest BCUT2D eigenvalue weighted by molar-refractivity contribution is 5.81. The molecule has 1 heterocycles. The van der Waals surface area contributed by atoms with E-state index in [4.69, 9.17) is 24.1 Å². The maximum Gasteiger partial charge on any atom is 0.405 e. The first-order valence-corrected chi connectivity index (χ1v) is 9.21. The molecule has 1 aliphatic rings. The molecule has 1 aliphatic heterocycles. The van der Waals surface area contributed by atoms with E-state index in [0.717, 1.165) is 0 Å². The van der Waals surface area contributed by atoms with E-state index in [1.807, 2.05) is 13.8 Å². The third kappa shape index (κ3) is 8.33. The molecule has 0 aromatic carbocycles. The number of carbonyl (C=O) groups is 2. The highest BCUT2D eigenvalue weighted by Crippen LogP contribution is 2.19. The van der Waals surface area contributed by atoms with E-state index < -0.39 is 30.3 Å². The molecule has 1 saturated heterocycles. The number of hydrogen-bond acceptors (Lipinski definition) is 6. The molecule has 0 aliphatic carbocycles. The van der Waals surface area contributed by atoms with Crippen LogP contribution in [0.25, 0.3) is 0 Å². The molecule has 4 atom stereocenters. The molecule has 1 fully saturated rings. The molecule has 8 heteroatoms. The van der Waals surface area contributed by atoms with Gasteiger partial charge in [-0.25, -0.2) is 9.59 Å². The van der Waals surface area contributed by atoms with Gasteiger partial charge < -0.3 is 29.4 Å². The van der Waals surface area contributed by atoms with E-state index in [0.29, 0.717) is 38.1 Å². The lowest BCUT2D eigenvalue weighted by Crippen LogP contribution is -2.50. The van der Waals surface area contributed by atoms with Gasteiger partial charge in [0, 0.05) is 19.8 Å². The van der Waals surface area contributed by atoms with Crippen molar-refractivity contribution in [2.45, 2.75) is 65.4 Å². The van der Waals surface area contributed by atoms with Gasteiger partial charge in [0.05, 0.1) is 12.7 Å². The molecule has 2 N–H and O–H groups in total. The summed E-state index contributed by atoms with van der Waals surface area (Å²) in [6, 6.07) is -1.06. The first-order valence-electron chi connectivity index (χ1n) is 9.21. The van der Waals surface area contributed by atoms with Crippen molar-refractivity contribution in [1.29, 1.82) is 0 Å². The molecule has 0 spiro atoms. The van der Waals surface area contributed by atoms with Gasteiger partial charge in [-0.2, -0.15) is 0 Å². The summed E-state index contributed by atoms with van der Waals surface area (Å²) in [4.78, 5) is 23.2. The first kappa shape index (κ1) is 22.7. The van der Waals surface area contributed by atoms with Crippen LogP contribution in [0.1, 0.15) is 41.0 Å². The lowest BCUT2D eigenvalue weighted by atomic mass is 10.0. The van der Waals surface area contributed by atoms with E-state index in [2.05, 4.69) is 19.2 Å². The van der Waals surface area contributed by atoms with Gasteiger partial charge in [0.25, 0.3) is 0 Å². The predicted molar refractivity (Wildman–Crippen MR) is 95.1 cm³/mol. The van der Waals surface area contributed by atoms with Gasteiger partial charge in [0.1, 0.15) is 12.2 Å². The van der Waals surface area contributed by atoms with Crippen LogP contribution in [0, 0.1) is 11.8 Å². The van der Waals surface area contributed by atoms with Gasteiger partial charge in [0.2, 0.25) is 0 Å². The van der Waals surface area contributed by atoms with Crippen molar-refractivity contribution in [2.24, 2.45) is 11.8 Å². The second-order valence-electron chi connectivity index (χ2n) is 7.47. The molecule has 0 saturated carbocycles. The summed E-state index contributed by atoms with van der Waals surface area (Å²) in [6.45, 7) is 11.3. The first-order chi connectivity index (χ1) is 12.2. The Morgan fingerprint density at radius 2 is 1.85 bits per heavy atom. The van der Waals surface area contributed by atoms with Gasteiger partial charge in [-0.1, -0.05) is 27.7 Å². The number of esters is 1. The van der Waals surface area contributed by atoms with Crippen molar-refractivity contribution in [3.8, 4) is 0 Å². The van der Waals surface area contributed by atoms with Crippen LogP contribution in [-0.2, 0) is 23.7 Å². The molecular weight excluding hydrogens is 342 g/mol. The molecule has 0 bridgehead atoms. The number of amides is 1. The van der Waals surface area contributed by atoms with E-state index >= 15 is 0 Å². The highest BCUT2D eigenvalue weighted by Gasteiger charge is 2.35. The summed E-state index contributed by atoms with van der Waals surface area (Å²) < 4.78 is 23.0. The fourth-order valence-corrected chi connectivity index (χ4v) is 2.56. The summed E-state index contributed by atoms with van der Waals surface area (Å²) >= 11 is 0. The number of ether oxygens (including phenoxy) is 4. The maximum absolute atomic E-state index is 12.3. The minimum Gasteiger partial charge on any atom is -0.465 e. The fourth-order valence-electron chi connectivity index (χ4n) is 2.56. The van der Waals surface area contributed by atoms with Crippen molar-refractivity contribution >= 4 is 12.1 Å². The second kappa shape index (κ2) is 11.4. The van der Waals surface area contributed by atoms with Crippen molar-refractivity contribution < 1.29 is 33.6 Å². The van der Waals surface area contributed by atoms with Crippen LogP contribution in [0.5, 0.6) is 0 Å². The third-order valence-corrected chi connectivity index (χ3v) is 3.81. The van der Waals surface area contributed by atoms with Crippen molar-refractivity contribution in [3.05, 3.63) is 0 Å². The third-order valence-electron chi connectivity index (χ3n) is 3.81. The minimum absolute atomic E-state index is 0.0771. The van der Waals surface area contributed by atoms with Gasteiger partial charge in [0.15, 0.2) is 6.04 Å². The molecule has 1 amide bonds. The van der Waals surface area contributed by atoms with Crippen LogP contribution < -0.4 is 5.32 Å². The normalized spacial score (nSPS) is 28.0. The SMILES string of the molecule is CC(C)COC1CCOCC(NC(=O)O)C(=O)OC(C)[C@@H]1OCC(C)C.